The summed E-state index contributed by atoms with van der Waals surface area (Å²) < 4.78 is 11.6. The molecule has 1 N–H and O–H groups in total. The molecular formula is C27H45ClN4O5. The van der Waals surface area contributed by atoms with E-state index in [1.807, 2.05) is 32.9 Å². The zero-order chi connectivity index (χ0) is 28.2. The highest BCUT2D eigenvalue weighted by Gasteiger charge is 2.27. The highest BCUT2D eigenvalue weighted by molar-refractivity contribution is 6.30. The van der Waals surface area contributed by atoms with Crippen molar-refractivity contribution in [1.82, 2.24) is 14.7 Å². The van der Waals surface area contributed by atoms with E-state index >= 15 is 0 Å². The lowest BCUT2D eigenvalue weighted by atomic mass is 10.2. The summed E-state index contributed by atoms with van der Waals surface area (Å²) in [5.74, 6) is -0.272. The number of benzene rings is 1. The van der Waals surface area contributed by atoms with E-state index in [0.717, 1.165) is 18.4 Å². The van der Waals surface area contributed by atoms with E-state index in [0.29, 0.717) is 44.2 Å². The molecule has 1 atom stereocenters. The Kier molecular flexibility index (Phi) is 19.2. The molecule has 37 heavy (non-hydrogen) atoms. The number of carbonyl (C=O) groups excluding carboxylic acids is 2. The molecule has 0 saturated carbocycles. The second kappa shape index (κ2) is 20.6. The lowest BCUT2D eigenvalue weighted by Crippen LogP contribution is -2.40. The molecule has 0 fully saturated rings. The van der Waals surface area contributed by atoms with E-state index in [1.165, 1.54) is 16.8 Å². The van der Waals surface area contributed by atoms with Gasteiger partial charge in [-0.25, -0.2) is 4.99 Å². The van der Waals surface area contributed by atoms with Gasteiger partial charge in [-0.15, -0.1) is 0 Å². The number of aliphatic hydroxyl groups is 1. The Hall–Kier alpha value is -2.46. The molecule has 0 aliphatic carbocycles. The van der Waals surface area contributed by atoms with Crippen LogP contribution in [0.3, 0.4) is 0 Å². The fourth-order valence-corrected chi connectivity index (χ4v) is 3.46. The topological polar surface area (TPSA) is 94.9 Å². The number of carbonyl (C=O) groups is 2. The molecule has 1 rings (SSSR count). The maximum absolute atomic E-state index is 13.5. The van der Waals surface area contributed by atoms with E-state index < -0.39 is 0 Å². The largest absolute Gasteiger partial charge is 0.396 e. The zero-order valence-corrected chi connectivity index (χ0v) is 24.0. The molecule has 0 aromatic heterocycles. The average Bonchev–Trinajstić information content (AvgIpc) is 2.91. The van der Waals surface area contributed by atoms with Crippen LogP contribution in [0.1, 0.15) is 52.5 Å². The Morgan fingerprint density at radius 3 is 2.41 bits per heavy atom. The number of aliphatic imine (C=N–C) groups is 1. The molecule has 0 bridgehead atoms. The molecule has 1 unspecified atom stereocenters. The molecule has 2 amide bonds. The Balaban J connectivity index is 0.00000631. The SMILES string of the molecule is C=N/C(=C(/C(=O)N(C)CCCO)N(COCCOC(C)CCC)Cc1ccc(Cl)cc1)N(C)C=O.CC. The minimum absolute atomic E-state index is 0.0501. The van der Waals surface area contributed by atoms with Gasteiger partial charge in [0.15, 0.2) is 5.82 Å². The van der Waals surface area contributed by atoms with Gasteiger partial charge >= 0.3 is 0 Å². The van der Waals surface area contributed by atoms with Gasteiger partial charge < -0.3 is 29.3 Å². The number of halogens is 1. The maximum Gasteiger partial charge on any atom is 0.273 e. The summed E-state index contributed by atoms with van der Waals surface area (Å²) in [5, 5.41) is 9.79. The highest BCUT2D eigenvalue weighted by Crippen LogP contribution is 2.21. The average molecular weight is 541 g/mol. The predicted octanol–water partition coefficient (Wildman–Crippen LogP) is 4.15. The fraction of sp³-hybridized carbons (Fsp3) is 0.593. The highest BCUT2D eigenvalue weighted by atomic mass is 35.5. The van der Waals surface area contributed by atoms with Crippen LogP contribution in [0.4, 0.5) is 0 Å². The number of ether oxygens (including phenoxy) is 2. The van der Waals surface area contributed by atoms with Gasteiger partial charge in [0.1, 0.15) is 12.4 Å². The second-order valence-corrected chi connectivity index (χ2v) is 8.62. The number of nitrogens with zero attached hydrogens (tertiary/aromatic N) is 4. The number of hydrogen-bond acceptors (Lipinski definition) is 7. The van der Waals surface area contributed by atoms with Crippen LogP contribution in [0.5, 0.6) is 0 Å². The van der Waals surface area contributed by atoms with E-state index in [9.17, 15) is 14.7 Å². The number of likely N-dealkylation sites (N-methyl/N-ethyl adjacent to an activating group) is 1. The minimum atomic E-state index is -0.375. The van der Waals surface area contributed by atoms with Crippen LogP contribution in [-0.2, 0) is 25.6 Å². The predicted molar refractivity (Wildman–Crippen MR) is 149 cm³/mol. The molecule has 0 aliphatic heterocycles. The summed E-state index contributed by atoms with van der Waals surface area (Å²) in [5.41, 5.74) is 1.04. The van der Waals surface area contributed by atoms with Gasteiger partial charge in [-0.2, -0.15) is 0 Å². The molecule has 0 spiro atoms. The van der Waals surface area contributed by atoms with Crippen LogP contribution in [0.25, 0.3) is 0 Å². The van der Waals surface area contributed by atoms with E-state index in [4.69, 9.17) is 21.1 Å². The first-order valence-corrected chi connectivity index (χ1v) is 13.1. The van der Waals surface area contributed by atoms with Crippen molar-refractivity contribution in [3.8, 4) is 0 Å². The van der Waals surface area contributed by atoms with Crippen LogP contribution in [-0.4, -0.2) is 92.1 Å². The Bertz CT molecular complexity index is 820. The van der Waals surface area contributed by atoms with Gasteiger partial charge in [0.05, 0.1) is 19.3 Å². The Morgan fingerprint density at radius 2 is 1.86 bits per heavy atom. The standard InChI is InChI=1S/C25H39ClN4O5.C2H6/c1-6-8-20(2)35-16-15-34-19-30(17-21-9-11-22(26)12-10-21)23(24(27-3)29(5)18-32)25(33)28(4)13-7-14-31;1-2/h9-12,18,20,31H,3,6-8,13-17,19H2,1-2,4-5H3;1-2H3/b24-23+;. The Labute approximate surface area is 227 Å². The molecular weight excluding hydrogens is 496 g/mol. The van der Waals surface area contributed by atoms with E-state index in [1.54, 1.807) is 24.1 Å². The number of hydrogen-bond donors (Lipinski definition) is 1. The van der Waals surface area contributed by atoms with Crippen LogP contribution < -0.4 is 0 Å². The molecule has 10 heteroatoms. The summed E-state index contributed by atoms with van der Waals surface area (Å²) in [6.45, 7) is 13.1. The number of amides is 2. The summed E-state index contributed by atoms with van der Waals surface area (Å²) in [4.78, 5) is 33.5. The van der Waals surface area contributed by atoms with Crippen molar-refractivity contribution in [2.24, 2.45) is 4.99 Å². The maximum atomic E-state index is 13.5. The van der Waals surface area contributed by atoms with E-state index in [2.05, 4.69) is 18.6 Å². The van der Waals surface area contributed by atoms with Crippen LogP contribution in [0, 0.1) is 0 Å². The molecule has 0 heterocycles. The lowest BCUT2D eigenvalue weighted by molar-refractivity contribution is -0.129. The monoisotopic (exact) mass is 540 g/mol. The first kappa shape index (κ1) is 34.5. The first-order chi connectivity index (χ1) is 17.8. The molecule has 210 valence electrons. The summed E-state index contributed by atoms with van der Waals surface area (Å²) >= 11 is 6.04. The normalized spacial score (nSPS) is 12.0. The van der Waals surface area contributed by atoms with Gasteiger partial charge in [0, 0.05) is 38.8 Å². The third-order valence-electron chi connectivity index (χ3n) is 5.23. The quantitative estimate of drug-likeness (QED) is 0.0988. The van der Waals surface area contributed by atoms with Crippen LogP contribution in [0.15, 0.2) is 40.8 Å². The lowest BCUT2D eigenvalue weighted by Gasteiger charge is -2.31. The molecule has 1 aromatic carbocycles. The van der Waals surface area contributed by atoms with Gasteiger partial charge in [0.2, 0.25) is 6.41 Å². The molecule has 1 aromatic rings. The van der Waals surface area contributed by atoms with Crippen molar-refractivity contribution in [1.29, 1.82) is 0 Å². The third kappa shape index (κ3) is 13.1. The van der Waals surface area contributed by atoms with Gasteiger partial charge in [-0.3, -0.25) is 9.59 Å². The zero-order valence-electron chi connectivity index (χ0n) is 23.3. The van der Waals surface area contributed by atoms with Crippen molar-refractivity contribution < 1.29 is 24.2 Å². The van der Waals surface area contributed by atoms with Gasteiger partial charge in [0.25, 0.3) is 5.91 Å². The number of aliphatic hydroxyl groups excluding tert-OH is 1. The fourth-order valence-electron chi connectivity index (χ4n) is 3.34. The molecule has 0 saturated heterocycles. The summed E-state index contributed by atoms with van der Waals surface area (Å²) in [7, 11) is 3.13. The van der Waals surface area contributed by atoms with Crippen LogP contribution >= 0.6 is 11.6 Å². The second-order valence-electron chi connectivity index (χ2n) is 8.18. The number of rotatable bonds is 18. The first-order valence-electron chi connectivity index (χ1n) is 12.7. The Morgan fingerprint density at radius 1 is 1.22 bits per heavy atom. The molecule has 0 radical (unpaired) electrons. The van der Waals surface area contributed by atoms with Crippen molar-refractivity contribution in [3.05, 3.63) is 46.4 Å². The van der Waals surface area contributed by atoms with Crippen molar-refractivity contribution >= 4 is 30.6 Å². The summed E-state index contributed by atoms with van der Waals surface area (Å²) in [6.07, 6.45) is 3.13. The smallest absolute Gasteiger partial charge is 0.273 e. The van der Waals surface area contributed by atoms with Crippen molar-refractivity contribution in [2.45, 2.75) is 59.6 Å². The van der Waals surface area contributed by atoms with Crippen molar-refractivity contribution in [2.75, 3.05) is 47.2 Å². The van der Waals surface area contributed by atoms with E-state index in [-0.39, 0.29) is 36.9 Å². The van der Waals surface area contributed by atoms with Gasteiger partial charge in [-0.05, 0) is 44.2 Å². The van der Waals surface area contributed by atoms with Crippen LogP contribution in [0.2, 0.25) is 5.02 Å². The molecule has 9 nitrogen and oxygen atoms in total. The summed E-state index contributed by atoms with van der Waals surface area (Å²) in [6, 6.07) is 7.24. The van der Waals surface area contributed by atoms with Crippen molar-refractivity contribution in [3.63, 3.8) is 0 Å². The molecule has 0 aliphatic rings. The van der Waals surface area contributed by atoms with Gasteiger partial charge in [-0.1, -0.05) is 50.9 Å². The minimum Gasteiger partial charge on any atom is -0.396 e. The third-order valence-corrected chi connectivity index (χ3v) is 5.48.